The van der Waals surface area contributed by atoms with Crippen molar-refractivity contribution in [2.24, 2.45) is 5.92 Å². The van der Waals surface area contributed by atoms with Crippen LogP contribution in [0.2, 0.25) is 0 Å². The Bertz CT molecular complexity index is 1280. The fraction of sp³-hybridized carbons (Fsp3) is 0.217. The lowest BCUT2D eigenvalue weighted by Crippen LogP contribution is -2.15. The summed E-state index contributed by atoms with van der Waals surface area (Å²) in [6, 6.07) is 16.6. The molecule has 6 nitrogen and oxygen atoms in total. The van der Waals surface area contributed by atoms with Gasteiger partial charge >= 0.3 is 0 Å². The van der Waals surface area contributed by atoms with Crippen LogP contribution in [-0.2, 0) is 22.9 Å². The van der Waals surface area contributed by atoms with E-state index in [1.54, 1.807) is 36.4 Å². The Hall–Kier alpha value is -3.15. The van der Waals surface area contributed by atoms with E-state index in [4.69, 9.17) is 0 Å². The average molecular weight is 452 g/mol. The zero-order valence-corrected chi connectivity index (χ0v) is 18.5. The molecule has 0 bridgehead atoms. The highest BCUT2D eigenvalue weighted by Gasteiger charge is 2.25. The minimum Gasteiger partial charge on any atom is -0.312 e. The highest BCUT2D eigenvalue weighted by atomic mass is 32.2. The lowest BCUT2D eigenvalue weighted by Gasteiger charge is -2.17. The molecule has 2 aromatic carbocycles. The van der Waals surface area contributed by atoms with Crippen LogP contribution in [0.5, 0.6) is 0 Å². The Morgan fingerprint density at radius 3 is 2.68 bits per heavy atom. The molecule has 8 heteroatoms. The summed E-state index contributed by atoms with van der Waals surface area (Å²) < 4.78 is 27.6. The van der Waals surface area contributed by atoms with Crippen molar-refractivity contribution >= 4 is 38.0 Å². The molecule has 2 N–H and O–H groups in total. The number of anilines is 2. The van der Waals surface area contributed by atoms with Crippen LogP contribution in [0.4, 0.5) is 10.7 Å². The molecular formula is C23H21N3O3S2. The molecule has 0 saturated heterocycles. The summed E-state index contributed by atoms with van der Waals surface area (Å²) in [5.74, 6) is 0.180. The van der Waals surface area contributed by atoms with Gasteiger partial charge < -0.3 is 5.32 Å². The maximum atomic E-state index is 12.9. The summed E-state index contributed by atoms with van der Waals surface area (Å²) >= 11 is 1.46. The number of nitrogens with one attached hydrogen (secondary N) is 2. The monoisotopic (exact) mass is 451 g/mol. The van der Waals surface area contributed by atoms with Crippen molar-refractivity contribution in [2.75, 3.05) is 10.0 Å². The van der Waals surface area contributed by atoms with Gasteiger partial charge in [0.05, 0.1) is 10.5 Å². The van der Waals surface area contributed by atoms with Crippen molar-refractivity contribution in [3.63, 3.8) is 0 Å². The highest BCUT2D eigenvalue weighted by molar-refractivity contribution is 7.92. The molecule has 3 aromatic rings. The second kappa shape index (κ2) is 8.53. The molecule has 0 saturated carbocycles. The molecular weight excluding hydrogens is 430 g/mol. The SMILES string of the molecule is CC1CCc2c(sc(NC(=O)c3cccc(NS(=O)(=O)c4ccccc4)c3)c2C#N)C1. The molecule has 1 atom stereocenters. The number of carbonyl (C=O) groups is 1. The van der Waals surface area contributed by atoms with E-state index in [9.17, 15) is 18.5 Å². The van der Waals surface area contributed by atoms with Crippen LogP contribution in [-0.4, -0.2) is 14.3 Å². The molecule has 0 radical (unpaired) electrons. The Morgan fingerprint density at radius 1 is 1.16 bits per heavy atom. The Labute approximate surface area is 185 Å². The van der Waals surface area contributed by atoms with Crippen LogP contribution in [0.1, 0.15) is 39.7 Å². The lowest BCUT2D eigenvalue weighted by atomic mass is 9.88. The van der Waals surface area contributed by atoms with E-state index in [0.29, 0.717) is 22.0 Å². The predicted octanol–water partition coefficient (Wildman–Crippen LogP) is 4.80. The summed E-state index contributed by atoms with van der Waals surface area (Å²) in [7, 11) is -3.76. The van der Waals surface area contributed by atoms with Gasteiger partial charge in [0.2, 0.25) is 0 Å². The first-order valence-electron chi connectivity index (χ1n) is 9.91. The number of carbonyl (C=O) groups excluding carboxylic acids is 1. The first-order chi connectivity index (χ1) is 14.9. The zero-order valence-electron chi connectivity index (χ0n) is 16.9. The molecule has 31 heavy (non-hydrogen) atoms. The molecule has 1 aliphatic rings. The minimum absolute atomic E-state index is 0.141. The van der Waals surface area contributed by atoms with E-state index in [0.717, 1.165) is 29.7 Å². The van der Waals surface area contributed by atoms with Gasteiger partial charge in [0.15, 0.2) is 0 Å². The van der Waals surface area contributed by atoms with Gasteiger partial charge in [-0.15, -0.1) is 11.3 Å². The zero-order chi connectivity index (χ0) is 22.0. The number of amides is 1. The van der Waals surface area contributed by atoms with Crippen molar-refractivity contribution in [2.45, 2.75) is 31.1 Å². The third kappa shape index (κ3) is 4.48. The quantitative estimate of drug-likeness (QED) is 0.582. The summed E-state index contributed by atoms with van der Waals surface area (Å²) in [5.41, 5.74) is 2.18. The molecule has 1 aliphatic carbocycles. The van der Waals surface area contributed by atoms with E-state index in [2.05, 4.69) is 23.0 Å². The molecule has 1 heterocycles. The lowest BCUT2D eigenvalue weighted by molar-refractivity contribution is 0.102. The number of hydrogen-bond acceptors (Lipinski definition) is 5. The number of fused-ring (bicyclic) bond motifs is 1. The summed E-state index contributed by atoms with van der Waals surface area (Å²) in [4.78, 5) is 14.2. The fourth-order valence-corrected chi connectivity index (χ4v) is 6.10. The van der Waals surface area contributed by atoms with Crippen LogP contribution >= 0.6 is 11.3 Å². The van der Waals surface area contributed by atoms with E-state index in [1.807, 2.05) is 0 Å². The van der Waals surface area contributed by atoms with E-state index in [-0.39, 0.29) is 16.5 Å². The minimum atomic E-state index is -3.76. The van der Waals surface area contributed by atoms with Crippen molar-refractivity contribution in [1.29, 1.82) is 5.26 Å². The number of nitriles is 1. The van der Waals surface area contributed by atoms with Gasteiger partial charge in [0, 0.05) is 16.1 Å². The molecule has 4 rings (SSSR count). The maximum Gasteiger partial charge on any atom is 0.261 e. The number of sulfonamides is 1. The highest BCUT2D eigenvalue weighted by Crippen LogP contribution is 2.39. The van der Waals surface area contributed by atoms with Crippen LogP contribution in [0.25, 0.3) is 0 Å². The normalized spacial score (nSPS) is 15.5. The van der Waals surface area contributed by atoms with Crippen LogP contribution in [0, 0.1) is 17.2 Å². The van der Waals surface area contributed by atoms with E-state index in [1.165, 1.54) is 29.5 Å². The maximum absolute atomic E-state index is 12.9. The molecule has 0 spiro atoms. The van der Waals surface area contributed by atoms with Gasteiger partial charge in [-0.3, -0.25) is 9.52 Å². The molecule has 158 valence electrons. The first kappa shape index (κ1) is 21.1. The van der Waals surface area contributed by atoms with Gasteiger partial charge in [0.1, 0.15) is 11.1 Å². The fourth-order valence-electron chi connectivity index (χ4n) is 3.67. The van der Waals surface area contributed by atoms with Gasteiger partial charge in [-0.2, -0.15) is 5.26 Å². The first-order valence-corrected chi connectivity index (χ1v) is 12.2. The topological polar surface area (TPSA) is 99.1 Å². The molecule has 1 aromatic heterocycles. The number of benzene rings is 2. The van der Waals surface area contributed by atoms with Crippen molar-refractivity contribution in [1.82, 2.24) is 0 Å². The second-order valence-electron chi connectivity index (χ2n) is 7.62. The van der Waals surface area contributed by atoms with Gasteiger partial charge in [-0.1, -0.05) is 31.2 Å². The smallest absolute Gasteiger partial charge is 0.261 e. The predicted molar refractivity (Wildman–Crippen MR) is 122 cm³/mol. The van der Waals surface area contributed by atoms with E-state index >= 15 is 0 Å². The number of hydrogen-bond donors (Lipinski definition) is 2. The van der Waals surface area contributed by atoms with Crippen LogP contribution in [0.15, 0.2) is 59.5 Å². The second-order valence-corrected chi connectivity index (χ2v) is 10.4. The van der Waals surface area contributed by atoms with E-state index < -0.39 is 10.0 Å². The van der Waals surface area contributed by atoms with Gasteiger partial charge in [0.25, 0.3) is 15.9 Å². The number of thiophene rings is 1. The molecule has 1 unspecified atom stereocenters. The largest absolute Gasteiger partial charge is 0.312 e. The van der Waals surface area contributed by atoms with Crippen LogP contribution in [0.3, 0.4) is 0 Å². The third-order valence-corrected chi connectivity index (χ3v) is 7.85. The average Bonchev–Trinajstić information content (AvgIpc) is 3.10. The van der Waals surface area contributed by atoms with Gasteiger partial charge in [-0.05, 0) is 61.1 Å². The van der Waals surface area contributed by atoms with Gasteiger partial charge in [-0.25, -0.2) is 8.42 Å². The Morgan fingerprint density at radius 2 is 1.94 bits per heavy atom. The molecule has 0 fully saturated rings. The van der Waals surface area contributed by atoms with Crippen molar-refractivity contribution in [3.05, 3.63) is 76.2 Å². The molecule has 0 aliphatic heterocycles. The van der Waals surface area contributed by atoms with Crippen molar-refractivity contribution < 1.29 is 13.2 Å². The number of rotatable bonds is 5. The summed E-state index contributed by atoms with van der Waals surface area (Å²) in [5, 5.41) is 13.0. The summed E-state index contributed by atoms with van der Waals surface area (Å²) in [6.07, 6.45) is 2.80. The van der Waals surface area contributed by atoms with Crippen LogP contribution < -0.4 is 10.0 Å². The number of nitrogens with zero attached hydrogens (tertiary/aromatic N) is 1. The Balaban J connectivity index is 1.55. The van der Waals surface area contributed by atoms with Crippen molar-refractivity contribution in [3.8, 4) is 6.07 Å². The molecule has 1 amide bonds. The summed E-state index contributed by atoms with van der Waals surface area (Å²) in [6.45, 7) is 2.19. The standard InChI is InChI=1S/C23H21N3O3S2/c1-15-10-11-19-20(14-24)23(30-21(19)12-15)25-22(27)16-6-5-7-17(13-16)26-31(28,29)18-8-3-2-4-9-18/h2-9,13,15,26H,10-12H2,1H3,(H,25,27). The Kier molecular flexibility index (Phi) is 5.81. The third-order valence-electron chi connectivity index (χ3n) is 5.28.